The second-order valence-corrected chi connectivity index (χ2v) is 8.37. The summed E-state index contributed by atoms with van der Waals surface area (Å²) in [6.45, 7) is 0.0940. The van der Waals surface area contributed by atoms with Crippen LogP contribution in [0, 0.1) is 0 Å². The zero-order chi connectivity index (χ0) is 21.8. The fourth-order valence-electron chi connectivity index (χ4n) is 3.97. The third-order valence-corrected chi connectivity index (χ3v) is 6.36. The second-order valence-electron chi connectivity index (χ2n) is 7.49. The van der Waals surface area contributed by atoms with Crippen LogP contribution in [0.2, 0.25) is 0 Å². The second kappa shape index (κ2) is 9.56. The number of alkyl carbamates (subject to hydrolysis) is 1. The fourth-order valence-corrected chi connectivity index (χ4v) is 4.38. The van der Waals surface area contributed by atoms with E-state index >= 15 is 0 Å². The Kier molecular flexibility index (Phi) is 6.61. The van der Waals surface area contributed by atoms with Crippen molar-refractivity contribution in [3.05, 3.63) is 89.5 Å². The molecule has 1 aliphatic rings. The topological polar surface area (TPSA) is 78.8 Å². The summed E-state index contributed by atoms with van der Waals surface area (Å²) in [5.41, 5.74) is 5.21. The molecule has 31 heavy (non-hydrogen) atoms. The molecular weight excluding hydrogens is 410 g/mol. The van der Waals surface area contributed by atoms with E-state index in [9.17, 15) is 15.0 Å². The first-order valence-electron chi connectivity index (χ1n) is 10.2. The lowest BCUT2D eigenvalue weighted by atomic mass is 9.98. The number of aliphatic hydroxyl groups is 2. The SMILES string of the molecule is CSc1ccc(C(O)C(O)CNC(=O)OCC2c3ccccc3-c3ccccc32)cc1. The maximum absolute atomic E-state index is 12.2. The Morgan fingerprint density at radius 2 is 1.55 bits per heavy atom. The number of carbonyl (C=O) groups excluding carboxylic acids is 1. The van der Waals surface area contributed by atoms with Crippen molar-refractivity contribution < 1.29 is 19.7 Å². The number of hydrogen-bond acceptors (Lipinski definition) is 5. The minimum Gasteiger partial charge on any atom is -0.449 e. The van der Waals surface area contributed by atoms with Gasteiger partial charge in [0, 0.05) is 17.4 Å². The van der Waals surface area contributed by atoms with Gasteiger partial charge in [0.05, 0.1) is 0 Å². The highest BCUT2D eigenvalue weighted by molar-refractivity contribution is 7.98. The van der Waals surface area contributed by atoms with E-state index in [-0.39, 0.29) is 19.1 Å². The number of benzene rings is 3. The van der Waals surface area contributed by atoms with Gasteiger partial charge in [-0.1, -0.05) is 60.7 Å². The molecule has 0 saturated heterocycles. The van der Waals surface area contributed by atoms with Crippen LogP contribution >= 0.6 is 11.8 Å². The summed E-state index contributed by atoms with van der Waals surface area (Å²) in [6, 6.07) is 23.6. The van der Waals surface area contributed by atoms with Crippen LogP contribution in [0.1, 0.15) is 28.7 Å². The quantitative estimate of drug-likeness (QED) is 0.481. The average molecular weight is 436 g/mol. The van der Waals surface area contributed by atoms with E-state index in [4.69, 9.17) is 4.74 Å². The van der Waals surface area contributed by atoms with Gasteiger partial charge in [-0.2, -0.15) is 0 Å². The lowest BCUT2D eigenvalue weighted by Gasteiger charge is -2.19. The molecule has 1 aliphatic carbocycles. The minimum absolute atomic E-state index is 0.0244. The Bertz CT molecular complexity index is 1010. The number of hydrogen-bond donors (Lipinski definition) is 3. The fraction of sp³-hybridized carbons (Fsp3) is 0.240. The Balaban J connectivity index is 1.32. The third-order valence-electron chi connectivity index (χ3n) is 5.62. The van der Waals surface area contributed by atoms with E-state index in [1.54, 1.807) is 23.9 Å². The summed E-state index contributed by atoms with van der Waals surface area (Å²) in [6.07, 6.45) is -0.880. The highest BCUT2D eigenvalue weighted by Crippen LogP contribution is 2.44. The van der Waals surface area contributed by atoms with Crippen LogP contribution in [0.5, 0.6) is 0 Å². The zero-order valence-electron chi connectivity index (χ0n) is 17.2. The van der Waals surface area contributed by atoms with E-state index in [1.165, 1.54) is 0 Å². The molecular formula is C25H25NO4S. The molecule has 4 rings (SSSR count). The standard InChI is InChI=1S/C25H25NO4S/c1-31-17-12-10-16(11-13-17)24(28)23(27)14-26-25(29)30-15-22-20-8-4-2-6-18(20)19-7-3-5-9-21(19)22/h2-13,22-24,27-28H,14-15H2,1H3,(H,26,29). The van der Waals surface area contributed by atoms with E-state index in [0.29, 0.717) is 5.56 Å². The molecule has 0 saturated carbocycles. The Morgan fingerprint density at radius 1 is 0.968 bits per heavy atom. The van der Waals surface area contributed by atoms with E-state index in [1.807, 2.05) is 42.7 Å². The van der Waals surface area contributed by atoms with Crippen LogP contribution < -0.4 is 5.32 Å². The lowest BCUT2D eigenvalue weighted by Crippen LogP contribution is -2.36. The summed E-state index contributed by atoms with van der Waals surface area (Å²) in [7, 11) is 0. The van der Waals surface area contributed by atoms with Crippen LogP contribution in [0.4, 0.5) is 4.79 Å². The maximum Gasteiger partial charge on any atom is 0.407 e. The normalized spacial score (nSPS) is 14.4. The Labute approximate surface area is 186 Å². The molecule has 3 N–H and O–H groups in total. The van der Waals surface area contributed by atoms with Crippen LogP contribution in [0.3, 0.4) is 0 Å². The van der Waals surface area contributed by atoms with Gasteiger partial charge in [0.25, 0.3) is 0 Å². The molecule has 0 radical (unpaired) electrons. The molecule has 0 heterocycles. The Morgan fingerprint density at radius 3 is 2.13 bits per heavy atom. The molecule has 3 aromatic carbocycles. The van der Waals surface area contributed by atoms with Crippen molar-refractivity contribution in [1.29, 1.82) is 0 Å². The van der Waals surface area contributed by atoms with Crippen molar-refractivity contribution >= 4 is 17.9 Å². The molecule has 6 heteroatoms. The molecule has 0 aromatic heterocycles. The van der Waals surface area contributed by atoms with E-state index < -0.39 is 18.3 Å². The Hall–Kier alpha value is -2.80. The molecule has 3 aromatic rings. The maximum atomic E-state index is 12.2. The first-order valence-corrected chi connectivity index (χ1v) is 11.4. The third kappa shape index (κ3) is 4.61. The first-order chi connectivity index (χ1) is 15.1. The van der Waals surface area contributed by atoms with Gasteiger partial charge in [0.15, 0.2) is 0 Å². The number of carbonyl (C=O) groups is 1. The summed E-state index contributed by atoms with van der Waals surface area (Å²) in [5, 5.41) is 23.2. The summed E-state index contributed by atoms with van der Waals surface area (Å²) < 4.78 is 5.46. The number of thioether (sulfide) groups is 1. The number of amides is 1. The van der Waals surface area contributed by atoms with Crippen molar-refractivity contribution in [1.82, 2.24) is 5.32 Å². The van der Waals surface area contributed by atoms with Crippen molar-refractivity contribution in [3.63, 3.8) is 0 Å². The first kappa shape index (κ1) is 21.4. The summed E-state index contributed by atoms with van der Waals surface area (Å²) in [5.74, 6) is -0.0244. The molecule has 2 atom stereocenters. The smallest absolute Gasteiger partial charge is 0.407 e. The monoisotopic (exact) mass is 435 g/mol. The van der Waals surface area contributed by atoms with Crippen molar-refractivity contribution in [3.8, 4) is 11.1 Å². The molecule has 0 bridgehead atoms. The predicted molar refractivity (Wildman–Crippen MR) is 122 cm³/mol. The van der Waals surface area contributed by atoms with Gasteiger partial charge in [-0.05, 0) is 46.2 Å². The highest BCUT2D eigenvalue weighted by Gasteiger charge is 2.29. The largest absolute Gasteiger partial charge is 0.449 e. The molecule has 2 unspecified atom stereocenters. The van der Waals surface area contributed by atoms with Gasteiger partial charge >= 0.3 is 6.09 Å². The minimum atomic E-state index is -1.14. The average Bonchev–Trinajstić information content (AvgIpc) is 3.14. The molecule has 0 aliphatic heterocycles. The van der Waals surface area contributed by atoms with E-state index in [0.717, 1.165) is 27.1 Å². The van der Waals surface area contributed by atoms with Crippen LogP contribution in [0.15, 0.2) is 77.7 Å². The number of fused-ring (bicyclic) bond motifs is 3. The lowest BCUT2D eigenvalue weighted by molar-refractivity contribution is 0.0185. The van der Waals surface area contributed by atoms with Crippen LogP contribution in [0.25, 0.3) is 11.1 Å². The van der Waals surface area contributed by atoms with Gasteiger partial charge in [-0.3, -0.25) is 0 Å². The van der Waals surface area contributed by atoms with Gasteiger partial charge < -0.3 is 20.3 Å². The molecule has 0 fully saturated rings. The highest BCUT2D eigenvalue weighted by atomic mass is 32.2. The van der Waals surface area contributed by atoms with Gasteiger partial charge in [0.2, 0.25) is 0 Å². The number of rotatable bonds is 7. The molecule has 1 amide bonds. The number of nitrogens with one attached hydrogen (secondary N) is 1. The number of aliphatic hydroxyl groups excluding tert-OH is 2. The number of ether oxygens (including phenoxy) is 1. The van der Waals surface area contributed by atoms with Crippen LogP contribution in [-0.2, 0) is 4.74 Å². The van der Waals surface area contributed by atoms with Crippen molar-refractivity contribution in [2.45, 2.75) is 23.0 Å². The molecule has 5 nitrogen and oxygen atoms in total. The summed E-state index contributed by atoms with van der Waals surface area (Å²) in [4.78, 5) is 13.3. The summed E-state index contributed by atoms with van der Waals surface area (Å²) >= 11 is 1.60. The predicted octanol–water partition coefficient (Wildman–Crippen LogP) is 4.34. The zero-order valence-corrected chi connectivity index (χ0v) is 18.0. The van der Waals surface area contributed by atoms with Gasteiger partial charge in [-0.15, -0.1) is 11.8 Å². The van der Waals surface area contributed by atoms with Crippen molar-refractivity contribution in [2.24, 2.45) is 0 Å². The van der Waals surface area contributed by atoms with E-state index in [2.05, 4.69) is 29.6 Å². The van der Waals surface area contributed by atoms with Crippen molar-refractivity contribution in [2.75, 3.05) is 19.4 Å². The van der Waals surface area contributed by atoms with Gasteiger partial charge in [-0.25, -0.2) is 4.79 Å². The molecule has 160 valence electrons. The molecule has 0 spiro atoms. The van der Waals surface area contributed by atoms with Gasteiger partial charge in [0.1, 0.15) is 18.8 Å². The van der Waals surface area contributed by atoms with Crippen LogP contribution in [-0.4, -0.2) is 41.8 Å².